The van der Waals surface area contributed by atoms with Crippen LogP contribution in [-0.4, -0.2) is 29.6 Å². The van der Waals surface area contributed by atoms with E-state index in [-0.39, 0.29) is 0 Å². The molecule has 1 saturated carbocycles. The lowest BCUT2D eigenvalue weighted by Crippen LogP contribution is -2.43. The van der Waals surface area contributed by atoms with Gasteiger partial charge in [0.2, 0.25) is 0 Å². The Balaban J connectivity index is 1.93. The zero-order valence-electron chi connectivity index (χ0n) is 12.9. The van der Waals surface area contributed by atoms with E-state index < -0.39 is 0 Å². The Morgan fingerprint density at radius 2 is 2.00 bits per heavy atom. The standard InChI is InChI=1S/C16H26N4/c1-11(2)16-18-14(17-3)10-15(19-16)20-9-5-7-12-6-4-8-13(12)20/h10-13H,4-9H2,1-3H3,(H,17,18,19). The molecule has 0 radical (unpaired) electrons. The number of hydrogen-bond donors (Lipinski definition) is 1. The molecule has 1 saturated heterocycles. The number of nitrogens with zero attached hydrogens (tertiary/aromatic N) is 3. The van der Waals surface area contributed by atoms with Crippen LogP contribution in [0, 0.1) is 5.92 Å². The second-order valence-electron chi connectivity index (χ2n) is 6.47. The first-order chi connectivity index (χ1) is 9.69. The van der Waals surface area contributed by atoms with Gasteiger partial charge in [0.05, 0.1) is 0 Å². The van der Waals surface area contributed by atoms with Crippen LogP contribution in [0.15, 0.2) is 6.07 Å². The summed E-state index contributed by atoms with van der Waals surface area (Å²) in [5, 5.41) is 3.18. The molecule has 20 heavy (non-hydrogen) atoms. The van der Waals surface area contributed by atoms with Gasteiger partial charge in [0, 0.05) is 31.6 Å². The van der Waals surface area contributed by atoms with Crippen LogP contribution in [0.25, 0.3) is 0 Å². The predicted molar refractivity (Wildman–Crippen MR) is 83.4 cm³/mol. The summed E-state index contributed by atoms with van der Waals surface area (Å²) in [4.78, 5) is 12.0. The summed E-state index contributed by atoms with van der Waals surface area (Å²) in [7, 11) is 1.94. The van der Waals surface area contributed by atoms with E-state index in [2.05, 4.69) is 35.1 Å². The fraction of sp³-hybridized carbons (Fsp3) is 0.750. The highest BCUT2D eigenvalue weighted by molar-refractivity contribution is 5.50. The molecule has 1 aliphatic carbocycles. The number of nitrogens with one attached hydrogen (secondary N) is 1. The Kier molecular flexibility index (Phi) is 3.81. The van der Waals surface area contributed by atoms with Crippen molar-refractivity contribution in [1.29, 1.82) is 0 Å². The SMILES string of the molecule is CNc1cc(N2CCCC3CCCC32)nc(C(C)C)n1. The Morgan fingerprint density at radius 1 is 1.20 bits per heavy atom. The van der Waals surface area contributed by atoms with E-state index in [0.717, 1.165) is 29.9 Å². The minimum Gasteiger partial charge on any atom is -0.373 e. The number of hydrogen-bond acceptors (Lipinski definition) is 4. The van der Waals surface area contributed by atoms with Crippen LogP contribution in [0.5, 0.6) is 0 Å². The van der Waals surface area contributed by atoms with Crippen molar-refractivity contribution < 1.29 is 0 Å². The number of fused-ring (bicyclic) bond motifs is 1. The molecular weight excluding hydrogens is 248 g/mol. The van der Waals surface area contributed by atoms with Gasteiger partial charge in [0.1, 0.15) is 17.5 Å². The molecule has 110 valence electrons. The van der Waals surface area contributed by atoms with Crippen molar-refractivity contribution >= 4 is 11.6 Å². The van der Waals surface area contributed by atoms with Gasteiger partial charge in [-0.2, -0.15) is 0 Å². The maximum absolute atomic E-state index is 4.84. The van der Waals surface area contributed by atoms with Crippen LogP contribution in [0.1, 0.15) is 57.7 Å². The zero-order valence-corrected chi connectivity index (χ0v) is 12.9. The van der Waals surface area contributed by atoms with Gasteiger partial charge < -0.3 is 10.2 Å². The highest BCUT2D eigenvalue weighted by Crippen LogP contribution is 2.39. The third kappa shape index (κ3) is 2.48. The summed E-state index contributed by atoms with van der Waals surface area (Å²) < 4.78 is 0. The smallest absolute Gasteiger partial charge is 0.135 e. The topological polar surface area (TPSA) is 41.0 Å². The second kappa shape index (κ2) is 5.58. The molecule has 2 fully saturated rings. The average Bonchev–Trinajstić information content (AvgIpc) is 2.94. The first-order valence-corrected chi connectivity index (χ1v) is 8.02. The Labute approximate surface area is 122 Å². The molecule has 2 aliphatic rings. The largest absolute Gasteiger partial charge is 0.373 e. The monoisotopic (exact) mass is 274 g/mol. The summed E-state index contributed by atoms with van der Waals surface area (Å²) in [5.74, 6) is 4.28. The Morgan fingerprint density at radius 3 is 2.75 bits per heavy atom. The molecule has 0 bridgehead atoms. The molecule has 0 amide bonds. The van der Waals surface area contributed by atoms with Crippen molar-refractivity contribution in [3.05, 3.63) is 11.9 Å². The molecule has 0 spiro atoms. The molecule has 2 heterocycles. The van der Waals surface area contributed by atoms with E-state index in [0.29, 0.717) is 12.0 Å². The van der Waals surface area contributed by atoms with Crippen LogP contribution in [0.2, 0.25) is 0 Å². The molecule has 2 atom stereocenters. The molecule has 1 aliphatic heterocycles. The van der Waals surface area contributed by atoms with E-state index in [4.69, 9.17) is 4.98 Å². The Bertz CT molecular complexity index is 472. The van der Waals surface area contributed by atoms with Crippen LogP contribution >= 0.6 is 0 Å². The molecule has 1 aromatic heterocycles. The van der Waals surface area contributed by atoms with Gasteiger partial charge in [0.15, 0.2) is 0 Å². The minimum absolute atomic E-state index is 0.367. The molecule has 0 aromatic carbocycles. The van der Waals surface area contributed by atoms with E-state index in [9.17, 15) is 0 Å². The van der Waals surface area contributed by atoms with Crippen LogP contribution < -0.4 is 10.2 Å². The van der Waals surface area contributed by atoms with Gasteiger partial charge >= 0.3 is 0 Å². The van der Waals surface area contributed by atoms with Gasteiger partial charge in [-0.15, -0.1) is 0 Å². The van der Waals surface area contributed by atoms with E-state index >= 15 is 0 Å². The fourth-order valence-electron chi connectivity index (χ4n) is 3.72. The summed E-state index contributed by atoms with van der Waals surface area (Å²) in [6, 6.07) is 2.83. The molecule has 1 aromatic rings. The lowest BCUT2D eigenvalue weighted by Gasteiger charge is -2.39. The third-order valence-corrected chi connectivity index (χ3v) is 4.79. The summed E-state index contributed by atoms with van der Waals surface area (Å²) in [6.07, 6.45) is 6.83. The van der Waals surface area contributed by atoms with Crippen molar-refractivity contribution in [1.82, 2.24) is 9.97 Å². The Hall–Kier alpha value is -1.32. The normalized spacial score (nSPS) is 25.9. The van der Waals surface area contributed by atoms with E-state index in [1.165, 1.54) is 32.1 Å². The van der Waals surface area contributed by atoms with Crippen LogP contribution in [0.3, 0.4) is 0 Å². The van der Waals surface area contributed by atoms with Gasteiger partial charge in [-0.3, -0.25) is 0 Å². The first-order valence-electron chi connectivity index (χ1n) is 8.02. The second-order valence-corrected chi connectivity index (χ2v) is 6.47. The quantitative estimate of drug-likeness (QED) is 0.917. The summed E-state index contributed by atoms with van der Waals surface area (Å²) in [5.41, 5.74) is 0. The minimum atomic E-state index is 0.367. The lowest BCUT2D eigenvalue weighted by molar-refractivity contribution is 0.360. The number of anilines is 2. The highest BCUT2D eigenvalue weighted by Gasteiger charge is 2.35. The predicted octanol–water partition coefficient (Wildman–Crippen LogP) is 3.41. The summed E-state index contributed by atoms with van der Waals surface area (Å²) >= 11 is 0. The zero-order chi connectivity index (χ0) is 14.1. The number of aromatic nitrogens is 2. The lowest BCUT2D eigenvalue weighted by atomic mass is 9.92. The van der Waals surface area contributed by atoms with Crippen LogP contribution in [-0.2, 0) is 0 Å². The fourth-order valence-corrected chi connectivity index (χ4v) is 3.72. The maximum Gasteiger partial charge on any atom is 0.135 e. The van der Waals surface area contributed by atoms with Crippen LogP contribution in [0.4, 0.5) is 11.6 Å². The van der Waals surface area contributed by atoms with Gasteiger partial charge in [-0.05, 0) is 31.6 Å². The van der Waals surface area contributed by atoms with Crippen molar-refractivity contribution in [2.24, 2.45) is 5.92 Å². The number of piperidine rings is 1. The third-order valence-electron chi connectivity index (χ3n) is 4.79. The molecule has 4 heteroatoms. The van der Waals surface area contributed by atoms with Gasteiger partial charge in [-0.25, -0.2) is 9.97 Å². The first kappa shape index (κ1) is 13.7. The average molecular weight is 274 g/mol. The van der Waals surface area contributed by atoms with Crippen molar-refractivity contribution in [2.75, 3.05) is 23.8 Å². The highest BCUT2D eigenvalue weighted by atomic mass is 15.2. The van der Waals surface area contributed by atoms with E-state index in [1.54, 1.807) is 0 Å². The van der Waals surface area contributed by atoms with Gasteiger partial charge in [0.25, 0.3) is 0 Å². The molecule has 1 N–H and O–H groups in total. The summed E-state index contributed by atoms with van der Waals surface area (Å²) in [6.45, 7) is 5.47. The van der Waals surface area contributed by atoms with Crippen molar-refractivity contribution in [3.63, 3.8) is 0 Å². The maximum atomic E-state index is 4.84. The number of rotatable bonds is 3. The van der Waals surface area contributed by atoms with Crippen molar-refractivity contribution in [2.45, 2.75) is 57.9 Å². The molecule has 2 unspecified atom stereocenters. The van der Waals surface area contributed by atoms with Crippen molar-refractivity contribution in [3.8, 4) is 0 Å². The van der Waals surface area contributed by atoms with Gasteiger partial charge in [-0.1, -0.05) is 20.3 Å². The molecular formula is C16H26N4. The molecule has 4 nitrogen and oxygen atoms in total. The molecule has 3 rings (SSSR count). The van der Waals surface area contributed by atoms with E-state index in [1.807, 2.05) is 7.05 Å².